The molecular weight excluding hydrogens is 318 g/mol. The van der Waals surface area contributed by atoms with Crippen molar-refractivity contribution in [3.63, 3.8) is 0 Å². The molecule has 3 rings (SSSR count). The first-order valence-electron chi connectivity index (χ1n) is 7.16. The Kier molecular flexibility index (Phi) is 4.21. The van der Waals surface area contributed by atoms with Crippen molar-refractivity contribution in [2.24, 2.45) is 4.99 Å². The monoisotopic (exact) mass is 335 g/mol. The molecule has 0 spiro atoms. The van der Waals surface area contributed by atoms with Crippen LogP contribution in [0.3, 0.4) is 0 Å². The summed E-state index contributed by atoms with van der Waals surface area (Å²) in [5, 5.41) is 1.37. The van der Waals surface area contributed by atoms with Crippen LogP contribution in [0.25, 0.3) is 11.4 Å². The van der Waals surface area contributed by atoms with Crippen LogP contribution in [0.5, 0.6) is 0 Å². The average molecular weight is 336 g/mol. The number of benzene rings is 1. The van der Waals surface area contributed by atoms with Crippen molar-refractivity contribution in [3.8, 4) is 11.4 Å². The highest BCUT2D eigenvalue weighted by Gasteiger charge is 2.28. The first-order chi connectivity index (χ1) is 10.5. The lowest BCUT2D eigenvalue weighted by molar-refractivity contribution is 0.634. The zero-order valence-electron chi connectivity index (χ0n) is 12.5. The van der Waals surface area contributed by atoms with E-state index >= 15 is 0 Å². The standard InChI is InChI=1S/C16H18ClN3OS/c1-11(2)14-9-15(22(21)8-7-18-10-22)20-16(19-14)12-3-5-13(17)6-4-12/h3-6,9-11,21H,7-8H2,1-2H3. The van der Waals surface area contributed by atoms with Crippen LogP contribution >= 0.6 is 21.9 Å². The molecule has 2 aromatic rings. The molecule has 1 atom stereocenters. The number of aliphatic imine (C=N–C) groups is 1. The van der Waals surface area contributed by atoms with Gasteiger partial charge in [-0.3, -0.25) is 4.99 Å². The minimum Gasteiger partial charge on any atom is -0.341 e. The predicted octanol–water partition coefficient (Wildman–Crippen LogP) is 4.60. The molecule has 2 heterocycles. The number of halogens is 1. The van der Waals surface area contributed by atoms with Crippen LogP contribution < -0.4 is 0 Å². The first-order valence-corrected chi connectivity index (χ1v) is 9.36. The van der Waals surface area contributed by atoms with Crippen molar-refractivity contribution in [2.45, 2.75) is 24.8 Å². The Balaban J connectivity index is 2.12. The summed E-state index contributed by atoms with van der Waals surface area (Å²) in [6.07, 6.45) is 0. The summed E-state index contributed by atoms with van der Waals surface area (Å²) in [5.41, 5.74) is 3.49. The largest absolute Gasteiger partial charge is 0.341 e. The van der Waals surface area contributed by atoms with Gasteiger partial charge in [0.05, 0.1) is 5.55 Å². The average Bonchev–Trinajstić information content (AvgIpc) is 2.95. The van der Waals surface area contributed by atoms with E-state index in [-0.39, 0.29) is 5.92 Å². The predicted molar refractivity (Wildman–Crippen MR) is 93.3 cm³/mol. The third-order valence-electron chi connectivity index (χ3n) is 3.56. The van der Waals surface area contributed by atoms with Crippen LogP contribution in [0.4, 0.5) is 0 Å². The van der Waals surface area contributed by atoms with Gasteiger partial charge in [-0.1, -0.05) is 35.8 Å². The van der Waals surface area contributed by atoms with Crippen molar-refractivity contribution in [1.82, 2.24) is 9.97 Å². The zero-order valence-corrected chi connectivity index (χ0v) is 14.1. The molecule has 1 unspecified atom stereocenters. The van der Waals surface area contributed by atoms with E-state index < -0.39 is 10.3 Å². The van der Waals surface area contributed by atoms with E-state index in [1.165, 1.54) is 0 Å². The SMILES string of the molecule is CC(C)c1cc(S2(O)C=NCC2)nc(-c2ccc(Cl)cc2)n1. The Morgan fingerprint density at radius 2 is 1.91 bits per heavy atom. The van der Waals surface area contributed by atoms with E-state index in [0.717, 1.165) is 11.3 Å². The molecule has 0 bridgehead atoms. The molecule has 1 aromatic heterocycles. The van der Waals surface area contributed by atoms with Crippen LogP contribution in [-0.4, -0.2) is 32.4 Å². The molecule has 1 aromatic carbocycles. The van der Waals surface area contributed by atoms with Gasteiger partial charge in [0, 0.05) is 28.6 Å². The van der Waals surface area contributed by atoms with Gasteiger partial charge >= 0.3 is 0 Å². The maximum absolute atomic E-state index is 10.8. The molecule has 0 amide bonds. The molecular formula is C16H18ClN3OS. The van der Waals surface area contributed by atoms with E-state index in [0.29, 0.717) is 28.2 Å². The molecule has 116 valence electrons. The third kappa shape index (κ3) is 3.02. The lowest BCUT2D eigenvalue weighted by Crippen LogP contribution is -2.08. The molecule has 1 aliphatic heterocycles. The Labute approximate surface area is 136 Å². The van der Waals surface area contributed by atoms with Crippen molar-refractivity contribution in [2.75, 3.05) is 12.3 Å². The number of hydrogen-bond acceptors (Lipinski definition) is 4. The van der Waals surface area contributed by atoms with Gasteiger partial charge in [-0.25, -0.2) is 9.97 Å². The quantitative estimate of drug-likeness (QED) is 0.834. The van der Waals surface area contributed by atoms with E-state index in [1.54, 1.807) is 5.55 Å². The zero-order chi connectivity index (χ0) is 15.7. The van der Waals surface area contributed by atoms with Crippen LogP contribution in [0, 0.1) is 0 Å². The number of aromatic nitrogens is 2. The molecule has 0 radical (unpaired) electrons. The maximum atomic E-state index is 10.8. The van der Waals surface area contributed by atoms with Crippen molar-refractivity contribution in [1.29, 1.82) is 0 Å². The highest BCUT2D eigenvalue weighted by molar-refractivity contribution is 8.40. The minimum atomic E-state index is -2.05. The summed E-state index contributed by atoms with van der Waals surface area (Å²) < 4.78 is 10.8. The molecule has 0 saturated carbocycles. The van der Waals surface area contributed by atoms with Crippen molar-refractivity contribution < 1.29 is 4.55 Å². The van der Waals surface area contributed by atoms with Gasteiger partial charge in [0.2, 0.25) is 0 Å². The molecule has 22 heavy (non-hydrogen) atoms. The van der Waals surface area contributed by atoms with Gasteiger partial charge in [0.25, 0.3) is 0 Å². The molecule has 0 saturated heterocycles. The summed E-state index contributed by atoms with van der Waals surface area (Å²) in [4.78, 5) is 13.4. The van der Waals surface area contributed by atoms with Crippen LogP contribution in [0.2, 0.25) is 5.02 Å². The fraction of sp³-hybridized carbons (Fsp3) is 0.312. The van der Waals surface area contributed by atoms with Crippen LogP contribution in [-0.2, 0) is 0 Å². The van der Waals surface area contributed by atoms with Gasteiger partial charge in [-0.2, -0.15) is 0 Å². The minimum absolute atomic E-state index is 0.258. The van der Waals surface area contributed by atoms with Crippen molar-refractivity contribution >= 4 is 27.5 Å². The second-order valence-corrected chi connectivity index (χ2v) is 8.57. The lowest BCUT2D eigenvalue weighted by atomic mass is 10.1. The summed E-state index contributed by atoms with van der Waals surface area (Å²) in [5.74, 6) is 1.52. The second kappa shape index (κ2) is 5.99. The number of rotatable bonds is 3. The summed E-state index contributed by atoms with van der Waals surface area (Å²) in [6.45, 7) is 4.82. The fourth-order valence-electron chi connectivity index (χ4n) is 2.23. The molecule has 6 heteroatoms. The number of nitrogens with zero attached hydrogens (tertiary/aromatic N) is 3. The second-order valence-electron chi connectivity index (χ2n) is 5.59. The van der Waals surface area contributed by atoms with E-state index in [9.17, 15) is 4.55 Å². The molecule has 1 aliphatic rings. The fourth-order valence-corrected chi connectivity index (χ4v) is 4.08. The van der Waals surface area contributed by atoms with E-state index in [2.05, 4.69) is 28.8 Å². The Morgan fingerprint density at radius 3 is 2.50 bits per heavy atom. The topological polar surface area (TPSA) is 58.4 Å². The molecule has 1 N–H and O–H groups in total. The highest BCUT2D eigenvalue weighted by atomic mass is 35.5. The summed E-state index contributed by atoms with van der Waals surface area (Å²) >= 11 is 5.94. The van der Waals surface area contributed by atoms with Gasteiger partial charge in [-0.15, -0.1) is 0 Å². The van der Waals surface area contributed by atoms with Crippen molar-refractivity contribution in [3.05, 3.63) is 41.0 Å². The maximum Gasteiger partial charge on any atom is 0.160 e. The Hall–Kier alpha value is -1.43. The van der Waals surface area contributed by atoms with Gasteiger partial charge in [-0.05, 0) is 36.2 Å². The van der Waals surface area contributed by atoms with Gasteiger partial charge in [0.15, 0.2) is 5.82 Å². The van der Waals surface area contributed by atoms with Crippen LogP contribution in [0.1, 0.15) is 25.5 Å². The Morgan fingerprint density at radius 1 is 1.18 bits per heavy atom. The van der Waals surface area contributed by atoms with Gasteiger partial charge in [0.1, 0.15) is 5.03 Å². The summed E-state index contributed by atoms with van der Waals surface area (Å²) in [6, 6.07) is 9.35. The Bertz CT molecular complexity index is 718. The first kappa shape index (κ1) is 15.5. The highest BCUT2D eigenvalue weighted by Crippen LogP contribution is 2.51. The molecule has 0 aliphatic carbocycles. The lowest BCUT2D eigenvalue weighted by Gasteiger charge is -2.25. The molecule has 4 nitrogen and oxygen atoms in total. The van der Waals surface area contributed by atoms with Crippen LogP contribution in [0.15, 0.2) is 40.4 Å². The smallest absolute Gasteiger partial charge is 0.160 e. The number of hydrogen-bond donors (Lipinski definition) is 1. The normalized spacial score (nSPS) is 23.7. The van der Waals surface area contributed by atoms with E-state index in [1.807, 2.05) is 30.3 Å². The molecule has 0 fully saturated rings. The third-order valence-corrected chi connectivity index (χ3v) is 6.05. The van der Waals surface area contributed by atoms with E-state index in [4.69, 9.17) is 11.6 Å². The summed E-state index contributed by atoms with van der Waals surface area (Å²) in [7, 11) is -2.05. The van der Waals surface area contributed by atoms with Gasteiger partial charge < -0.3 is 4.55 Å².